The lowest BCUT2D eigenvalue weighted by molar-refractivity contribution is 0.0743. The highest BCUT2D eigenvalue weighted by molar-refractivity contribution is 6.30. The third-order valence-electron chi connectivity index (χ3n) is 6.10. The number of rotatable bonds is 6. The van der Waals surface area contributed by atoms with E-state index in [1.54, 1.807) is 32.4 Å². The van der Waals surface area contributed by atoms with Gasteiger partial charge >= 0.3 is 0 Å². The maximum Gasteiger partial charge on any atom is 0.257 e. The molecule has 0 N–H and O–H groups in total. The Hall–Kier alpha value is -3.32. The van der Waals surface area contributed by atoms with Crippen LogP contribution in [0.15, 0.2) is 42.5 Å². The van der Waals surface area contributed by atoms with Gasteiger partial charge in [-0.05, 0) is 43.7 Å². The van der Waals surface area contributed by atoms with Gasteiger partial charge in [0, 0.05) is 54.9 Å². The number of piperazine rings is 1. The zero-order chi connectivity index (χ0) is 24.2. The minimum atomic E-state index is -0.0458. The molecule has 1 aliphatic heterocycles. The minimum absolute atomic E-state index is 0.0458. The van der Waals surface area contributed by atoms with Gasteiger partial charge in [-0.25, -0.2) is 9.97 Å². The van der Waals surface area contributed by atoms with E-state index in [1.807, 2.05) is 43.0 Å². The molecular formula is C26H29ClN4O3. The number of ether oxygens (including phenoxy) is 2. The smallest absolute Gasteiger partial charge is 0.257 e. The molecule has 8 heteroatoms. The van der Waals surface area contributed by atoms with Gasteiger partial charge in [-0.15, -0.1) is 0 Å². The molecule has 3 aromatic rings. The molecule has 0 atom stereocenters. The first-order chi connectivity index (χ1) is 16.4. The molecule has 0 aliphatic carbocycles. The summed E-state index contributed by atoms with van der Waals surface area (Å²) in [4.78, 5) is 26.7. The number of anilines is 1. The summed E-state index contributed by atoms with van der Waals surface area (Å²) < 4.78 is 10.7. The van der Waals surface area contributed by atoms with E-state index in [0.717, 1.165) is 39.9 Å². The van der Waals surface area contributed by atoms with E-state index in [-0.39, 0.29) is 5.91 Å². The Labute approximate surface area is 205 Å². The number of aromatic nitrogens is 2. The van der Waals surface area contributed by atoms with Crippen molar-refractivity contribution in [2.75, 3.05) is 45.3 Å². The summed E-state index contributed by atoms with van der Waals surface area (Å²) in [7, 11) is 3.15. The summed E-state index contributed by atoms with van der Waals surface area (Å²) >= 11 is 6.06. The topological polar surface area (TPSA) is 67.8 Å². The maximum atomic E-state index is 13.2. The van der Waals surface area contributed by atoms with Crippen LogP contribution in [-0.2, 0) is 6.42 Å². The zero-order valence-corrected chi connectivity index (χ0v) is 20.7. The van der Waals surface area contributed by atoms with Gasteiger partial charge in [-0.3, -0.25) is 4.79 Å². The van der Waals surface area contributed by atoms with Crippen LogP contribution in [0.3, 0.4) is 0 Å². The molecule has 0 spiro atoms. The zero-order valence-electron chi connectivity index (χ0n) is 20.0. The molecule has 1 fully saturated rings. The van der Waals surface area contributed by atoms with Crippen LogP contribution in [0.5, 0.6) is 11.5 Å². The van der Waals surface area contributed by atoms with Crippen molar-refractivity contribution in [3.05, 3.63) is 75.7 Å². The van der Waals surface area contributed by atoms with E-state index < -0.39 is 0 Å². The van der Waals surface area contributed by atoms with Crippen molar-refractivity contribution in [1.82, 2.24) is 14.9 Å². The highest BCUT2D eigenvalue weighted by Crippen LogP contribution is 2.28. The van der Waals surface area contributed by atoms with Gasteiger partial charge in [0.05, 0.1) is 19.8 Å². The lowest BCUT2D eigenvalue weighted by Crippen LogP contribution is -2.49. The van der Waals surface area contributed by atoms with Crippen molar-refractivity contribution in [3.63, 3.8) is 0 Å². The third kappa shape index (κ3) is 5.09. The summed E-state index contributed by atoms with van der Waals surface area (Å²) in [6.07, 6.45) is 0.723. The highest BCUT2D eigenvalue weighted by Gasteiger charge is 2.27. The Balaban J connectivity index is 1.52. The minimum Gasteiger partial charge on any atom is -0.497 e. The number of hydrogen-bond donors (Lipinski definition) is 0. The molecule has 2 aromatic carbocycles. The van der Waals surface area contributed by atoms with Gasteiger partial charge in [-0.2, -0.15) is 0 Å². The number of nitrogens with zero attached hydrogens (tertiary/aromatic N) is 4. The van der Waals surface area contributed by atoms with Crippen LogP contribution in [-0.4, -0.2) is 61.2 Å². The second-order valence-electron chi connectivity index (χ2n) is 8.31. The Morgan fingerprint density at radius 3 is 2.32 bits per heavy atom. The van der Waals surface area contributed by atoms with E-state index >= 15 is 0 Å². The first kappa shape index (κ1) is 23.8. The van der Waals surface area contributed by atoms with Gasteiger partial charge in [-0.1, -0.05) is 23.7 Å². The van der Waals surface area contributed by atoms with Crippen molar-refractivity contribution in [2.24, 2.45) is 0 Å². The quantitative estimate of drug-likeness (QED) is 0.523. The van der Waals surface area contributed by atoms with Gasteiger partial charge in [0.1, 0.15) is 23.1 Å². The van der Waals surface area contributed by atoms with Crippen LogP contribution < -0.4 is 14.4 Å². The number of methoxy groups -OCH3 is 2. The van der Waals surface area contributed by atoms with Gasteiger partial charge in [0.15, 0.2) is 0 Å². The average molecular weight is 481 g/mol. The van der Waals surface area contributed by atoms with Crippen LogP contribution in [0.25, 0.3) is 0 Å². The monoisotopic (exact) mass is 480 g/mol. The second-order valence-corrected chi connectivity index (χ2v) is 8.74. The summed E-state index contributed by atoms with van der Waals surface area (Å²) in [6, 6.07) is 13.1. The molecule has 0 unspecified atom stereocenters. The number of benzene rings is 2. The number of halogens is 1. The van der Waals surface area contributed by atoms with E-state index in [2.05, 4.69) is 9.88 Å². The molecule has 0 saturated carbocycles. The molecule has 0 radical (unpaired) electrons. The first-order valence-corrected chi connectivity index (χ1v) is 11.6. The molecule has 2 heterocycles. The number of aryl methyl sites for hydroxylation is 2. The average Bonchev–Trinajstić information content (AvgIpc) is 2.86. The lowest BCUT2D eigenvalue weighted by Gasteiger charge is -2.36. The summed E-state index contributed by atoms with van der Waals surface area (Å²) in [6.45, 7) is 6.51. The Bertz CT molecular complexity index is 1180. The van der Waals surface area contributed by atoms with E-state index in [0.29, 0.717) is 43.2 Å². The fraction of sp³-hybridized carbons (Fsp3) is 0.346. The van der Waals surface area contributed by atoms with Crippen LogP contribution in [0.4, 0.5) is 5.82 Å². The van der Waals surface area contributed by atoms with E-state index in [9.17, 15) is 4.79 Å². The van der Waals surface area contributed by atoms with Crippen LogP contribution in [0.2, 0.25) is 5.02 Å². The first-order valence-electron chi connectivity index (χ1n) is 11.2. The van der Waals surface area contributed by atoms with Crippen molar-refractivity contribution < 1.29 is 14.3 Å². The Morgan fingerprint density at radius 1 is 0.971 bits per heavy atom. The number of carbonyl (C=O) groups is 1. The molecule has 0 bridgehead atoms. The highest BCUT2D eigenvalue weighted by atomic mass is 35.5. The SMILES string of the molecule is COc1ccc(C(=O)N2CCN(c3nc(C)nc(C)c3Cc3ccc(Cl)cc3)CC2)c(OC)c1. The lowest BCUT2D eigenvalue weighted by atomic mass is 10.0. The molecule has 1 aromatic heterocycles. The van der Waals surface area contributed by atoms with Crippen molar-refractivity contribution >= 4 is 23.3 Å². The summed E-state index contributed by atoms with van der Waals surface area (Å²) in [5.41, 5.74) is 3.76. The molecule has 178 valence electrons. The van der Waals surface area contributed by atoms with Gasteiger partial charge in [0.2, 0.25) is 0 Å². The molecule has 4 rings (SSSR count). The molecular weight excluding hydrogens is 452 g/mol. The predicted octanol–water partition coefficient (Wildman–Crippen LogP) is 4.32. The van der Waals surface area contributed by atoms with E-state index in [4.69, 9.17) is 26.1 Å². The number of amides is 1. The second kappa shape index (κ2) is 10.3. The predicted molar refractivity (Wildman–Crippen MR) is 133 cm³/mol. The summed E-state index contributed by atoms with van der Waals surface area (Å²) in [5.74, 6) is 2.80. The molecule has 1 aliphatic rings. The van der Waals surface area contributed by atoms with Crippen molar-refractivity contribution in [2.45, 2.75) is 20.3 Å². The standard InChI is InChI=1S/C26H29ClN4O3/c1-17-23(15-19-5-7-20(27)8-6-19)25(29-18(2)28-17)30-11-13-31(14-12-30)26(32)22-10-9-21(33-3)16-24(22)34-4/h5-10,16H,11-15H2,1-4H3. The Kier molecular flexibility index (Phi) is 7.22. The van der Waals surface area contributed by atoms with Crippen molar-refractivity contribution in [3.8, 4) is 11.5 Å². The summed E-state index contributed by atoms with van der Waals surface area (Å²) in [5, 5.41) is 0.718. The fourth-order valence-corrected chi connectivity index (χ4v) is 4.39. The van der Waals surface area contributed by atoms with Crippen LogP contribution in [0.1, 0.15) is 33.0 Å². The van der Waals surface area contributed by atoms with Crippen LogP contribution in [0, 0.1) is 13.8 Å². The molecule has 1 amide bonds. The Morgan fingerprint density at radius 2 is 1.68 bits per heavy atom. The molecule has 1 saturated heterocycles. The van der Waals surface area contributed by atoms with Gasteiger partial charge < -0.3 is 19.3 Å². The molecule has 7 nitrogen and oxygen atoms in total. The normalized spacial score (nSPS) is 13.7. The van der Waals surface area contributed by atoms with Gasteiger partial charge in [0.25, 0.3) is 5.91 Å². The number of carbonyl (C=O) groups excluding carboxylic acids is 1. The van der Waals surface area contributed by atoms with Crippen molar-refractivity contribution in [1.29, 1.82) is 0 Å². The van der Waals surface area contributed by atoms with Crippen LogP contribution >= 0.6 is 11.6 Å². The fourth-order valence-electron chi connectivity index (χ4n) is 4.26. The molecule has 34 heavy (non-hydrogen) atoms. The third-order valence-corrected chi connectivity index (χ3v) is 6.36. The maximum absolute atomic E-state index is 13.2. The van der Waals surface area contributed by atoms with E-state index in [1.165, 1.54) is 0 Å². The number of hydrogen-bond acceptors (Lipinski definition) is 6. The largest absolute Gasteiger partial charge is 0.497 e.